The number of nitrogens with zero attached hydrogens (tertiary/aromatic N) is 1. The van der Waals surface area contributed by atoms with E-state index in [1.54, 1.807) is 18.2 Å². The molecule has 1 fully saturated rings. The summed E-state index contributed by atoms with van der Waals surface area (Å²) in [4.78, 5) is 2.28. The topological polar surface area (TPSA) is 43.7 Å². The third kappa shape index (κ3) is 2.58. The SMILES string of the molecule is OB(O)c1cccc(Cl)c1CN1CCCC1. The van der Waals surface area contributed by atoms with Crippen molar-refractivity contribution in [3.05, 3.63) is 28.8 Å². The molecule has 0 aliphatic carbocycles. The number of halogens is 1. The molecule has 1 aliphatic rings. The van der Waals surface area contributed by atoms with Gasteiger partial charge in [0.2, 0.25) is 0 Å². The first-order chi connectivity index (χ1) is 7.68. The van der Waals surface area contributed by atoms with E-state index in [1.807, 2.05) is 0 Å². The smallest absolute Gasteiger partial charge is 0.423 e. The van der Waals surface area contributed by atoms with Crippen molar-refractivity contribution in [2.24, 2.45) is 0 Å². The van der Waals surface area contributed by atoms with Crippen LogP contribution in [-0.2, 0) is 6.54 Å². The molecular formula is C11H15BClNO2. The first-order valence-electron chi connectivity index (χ1n) is 5.54. The van der Waals surface area contributed by atoms with Crippen molar-refractivity contribution in [1.82, 2.24) is 4.90 Å². The maximum atomic E-state index is 9.28. The van der Waals surface area contributed by atoms with E-state index in [0.717, 1.165) is 18.7 Å². The Hall–Kier alpha value is -0.545. The molecule has 5 heteroatoms. The molecule has 0 radical (unpaired) electrons. The van der Waals surface area contributed by atoms with Crippen LogP contribution in [0.3, 0.4) is 0 Å². The Morgan fingerprint density at radius 1 is 1.25 bits per heavy atom. The Balaban J connectivity index is 2.23. The van der Waals surface area contributed by atoms with E-state index >= 15 is 0 Å². The van der Waals surface area contributed by atoms with Gasteiger partial charge in [-0.15, -0.1) is 0 Å². The molecule has 2 rings (SSSR count). The fourth-order valence-corrected chi connectivity index (χ4v) is 2.39. The van der Waals surface area contributed by atoms with Gasteiger partial charge in [-0.2, -0.15) is 0 Å². The quantitative estimate of drug-likeness (QED) is 0.760. The van der Waals surface area contributed by atoms with Gasteiger partial charge in [0.05, 0.1) is 0 Å². The van der Waals surface area contributed by atoms with E-state index in [0.29, 0.717) is 17.0 Å². The zero-order chi connectivity index (χ0) is 11.5. The second kappa shape index (κ2) is 5.19. The lowest BCUT2D eigenvalue weighted by Gasteiger charge is -2.18. The number of hydrogen-bond acceptors (Lipinski definition) is 3. The summed E-state index contributed by atoms with van der Waals surface area (Å²) in [6.07, 6.45) is 2.42. The highest BCUT2D eigenvalue weighted by atomic mass is 35.5. The average molecular weight is 240 g/mol. The van der Waals surface area contributed by atoms with Gasteiger partial charge in [-0.25, -0.2) is 0 Å². The maximum absolute atomic E-state index is 9.28. The lowest BCUT2D eigenvalue weighted by atomic mass is 9.77. The van der Waals surface area contributed by atoms with Crippen molar-refractivity contribution in [3.8, 4) is 0 Å². The van der Waals surface area contributed by atoms with Crippen LogP contribution in [-0.4, -0.2) is 35.2 Å². The molecule has 0 amide bonds. The minimum atomic E-state index is -1.45. The summed E-state index contributed by atoms with van der Waals surface area (Å²) < 4.78 is 0. The van der Waals surface area contributed by atoms with Crippen molar-refractivity contribution in [1.29, 1.82) is 0 Å². The van der Waals surface area contributed by atoms with Crippen LogP contribution in [0.4, 0.5) is 0 Å². The minimum absolute atomic E-state index is 0.513. The summed E-state index contributed by atoms with van der Waals surface area (Å²) >= 11 is 6.10. The third-order valence-corrected chi connectivity index (χ3v) is 3.37. The molecular weight excluding hydrogens is 224 g/mol. The van der Waals surface area contributed by atoms with Crippen LogP contribution < -0.4 is 5.46 Å². The summed E-state index contributed by atoms with van der Waals surface area (Å²) in [6.45, 7) is 2.82. The molecule has 0 atom stereocenters. The van der Waals surface area contributed by atoms with Crippen LogP contribution in [0.25, 0.3) is 0 Å². The minimum Gasteiger partial charge on any atom is -0.423 e. The molecule has 1 aliphatic heterocycles. The first-order valence-corrected chi connectivity index (χ1v) is 5.92. The predicted octanol–water partition coefficient (Wildman–Crippen LogP) is 0.616. The third-order valence-electron chi connectivity index (χ3n) is 3.01. The standard InChI is InChI=1S/C11H15BClNO2/c13-11-5-3-4-10(12(15)16)9(11)8-14-6-1-2-7-14/h3-5,15-16H,1-2,6-8H2. The van der Waals surface area contributed by atoms with E-state index in [2.05, 4.69) is 4.90 Å². The van der Waals surface area contributed by atoms with Crippen molar-refractivity contribution >= 4 is 24.2 Å². The van der Waals surface area contributed by atoms with Crippen molar-refractivity contribution < 1.29 is 10.0 Å². The molecule has 0 spiro atoms. The number of hydrogen-bond donors (Lipinski definition) is 2. The second-order valence-corrected chi connectivity index (χ2v) is 4.57. The second-order valence-electron chi connectivity index (χ2n) is 4.16. The molecule has 1 heterocycles. The number of likely N-dealkylation sites (tertiary alicyclic amines) is 1. The van der Waals surface area contributed by atoms with Gasteiger partial charge >= 0.3 is 7.12 Å². The van der Waals surface area contributed by atoms with E-state index in [1.165, 1.54) is 12.8 Å². The Bertz CT molecular complexity index is 367. The first kappa shape index (κ1) is 11.9. The molecule has 16 heavy (non-hydrogen) atoms. The van der Waals surface area contributed by atoms with Gasteiger partial charge in [0.1, 0.15) is 0 Å². The Labute approximate surface area is 101 Å². The highest BCUT2D eigenvalue weighted by Gasteiger charge is 2.21. The molecule has 3 nitrogen and oxygen atoms in total. The van der Waals surface area contributed by atoms with Gasteiger partial charge in [-0.1, -0.05) is 23.7 Å². The fraction of sp³-hybridized carbons (Fsp3) is 0.455. The van der Waals surface area contributed by atoms with Gasteiger partial charge < -0.3 is 10.0 Å². The summed E-state index contributed by atoms with van der Waals surface area (Å²) in [5.41, 5.74) is 1.35. The summed E-state index contributed by atoms with van der Waals surface area (Å²) in [5, 5.41) is 19.2. The van der Waals surface area contributed by atoms with Gasteiger partial charge in [0.25, 0.3) is 0 Å². The zero-order valence-corrected chi connectivity index (χ0v) is 9.82. The molecule has 0 bridgehead atoms. The van der Waals surface area contributed by atoms with Crippen LogP contribution in [0.1, 0.15) is 18.4 Å². The van der Waals surface area contributed by atoms with Crippen LogP contribution >= 0.6 is 11.6 Å². The van der Waals surface area contributed by atoms with E-state index < -0.39 is 7.12 Å². The van der Waals surface area contributed by atoms with Crippen LogP contribution in [0, 0.1) is 0 Å². The highest BCUT2D eigenvalue weighted by molar-refractivity contribution is 6.59. The largest absolute Gasteiger partial charge is 0.488 e. The lowest BCUT2D eigenvalue weighted by Crippen LogP contribution is -2.35. The molecule has 2 N–H and O–H groups in total. The molecule has 0 unspecified atom stereocenters. The fourth-order valence-electron chi connectivity index (χ4n) is 2.15. The molecule has 1 saturated heterocycles. The predicted molar refractivity (Wildman–Crippen MR) is 65.8 cm³/mol. The van der Waals surface area contributed by atoms with E-state index in [4.69, 9.17) is 11.6 Å². The molecule has 0 aromatic heterocycles. The molecule has 0 saturated carbocycles. The Morgan fingerprint density at radius 3 is 2.56 bits per heavy atom. The van der Waals surface area contributed by atoms with Crippen molar-refractivity contribution in [3.63, 3.8) is 0 Å². The Morgan fingerprint density at radius 2 is 1.94 bits per heavy atom. The van der Waals surface area contributed by atoms with Crippen LogP contribution in [0.5, 0.6) is 0 Å². The monoisotopic (exact) mass is 239 g/mol. The zero-order valence-electron chi connectivity index (χ0n) is 9.06. The van der Waals surface area contributed by atoms with Crippen molar-refractivity contribution in [2.75, 3.05) is 13.1 Å². The van der Waals surface area contributed by atoms with Gasteiger partial charge in [-0.05, 0) is 43.0 Å². The van der Waals surface area contributed by atoms with Gasteiger partial charge in [-0.3, -0.25) is 4.90 Å². The number of rotatable bonds is 3. The normalized spacial score (nSPS) is 16.7. The van der Waals surface area contributed by atoms with Gasteiger partial charge in [0.15, 0.2) is 0 Å². The van der Waals surface area contributed by atoms with E-state index in [9.17, 15) is 10.0 Å². The molecule has 1 aromatic carbocycles. The lowest BCUT2D eigenvalue weighted by molar-refractivity contribution is 0.331. The van der Waals surface area contributed by atoms with Crippen LogP contribution in [0.15, 0.2) is 18.2 Å². The maximum Gasteiger partial charge on any atom is 0.488 e. The number of benzene rings is 1. The van der Waals surface area contributed by atoms with Crippen LogP contribution in [0.2, 0.25) is 5.02 Å². The molecule has 86 valence electrons. The molecule has 1 aromatic rings. The summed E-state index contributed by atoms with van der Waals surface area (Å²) in [7, 11) is -1.45. The van der Waals surface area contributed by atoms with E-state index in [-0.39, 0.29) is 0 Å². The summed E-state index contributed by atoms with van der Waals surface area (Å²) in [6, 6.07) is 5.24. The van der Waals surface area contributed by atoms with Gasteiger partial charge in [0, 0.05) is 11.6 Å². The average Bonchev–Trinajstić information content (AvgIpc) is 2.73. The Kier molecular flexibility index (Phi) is 3.87. The van der Waals surface area contributed by atoms with Crippen molar-refractivity contribution in [2.45, 2.75) is 19.4 Å². The summed E-state index contributed by atoms with van der Waals surface area (Å²) in [5.74, 6) is 0. The highest BCUT2D eigenvalue weighted by Crippen LogP contribution is 2.18.